The van der Waals surface area contributed by atoms with Gasteiger partial charge in [-0.15, -0.1) is 11.3 Å². The standard InChI is InChI=1S/C30H40N6O3S/c1-4-34-11-10-24-25(19-34)40-29-26(24)28(32-27(33-29)20-8-6-5-7-9-20)35-12-14-36(15-13-35)30(37)31-21-16-22(38-2)18-23(17-21)39-3/h16-18,20H,4-15,19H2,1-3H3,(H,31,37). The Morgan fingerprint density at radius 1 is 1.00 bits per heavy atom. The molecular formula is C30H40N6O3S. The number of hydrogen-bond donors (Lipinski definition) is 1. The number of carbonyl (C=O) groups excluding carboxylic acids is 1. The van der Waals surface area contributed by atoms with E-state index in [1.807, 2.05) is 16.2 Å². The summed E-state index contributed by atoms with van der Waals surface area (Å²) in [5.74, 6) is 3.85. The number of rotatable bonds is 6. The van der Waals surface area contributed by atoms with E-state index < -0.39 is 0 Å². The van der Waals surface area contributed by atoms with Gasteiger partial charge < -0.3 is 24.6 Å². The van der Waals surface area contributed by atoms with E-state index in [1.165, 1.54) is 47.9 Å². The van der Waals surface area contributed by atoms with Gasteiger partial charge in [0.05, 0.1) is 19.6 Å². The van der Waals surface area contributed by atoms with Crippen LogP contribution < -0.4 is 19.7 Å². The van der Waals surface area contributed by atoms with E-state index >= 15 is 0 Å². The Bertz CT molecular complexity index is 1340. The predicted octanol–water partition coefficient (Wildman–Crippen LogP) is 5.49. The van der Waals surface area contributed by atoms with Crippen LogP contribution in [0.25, 0.3) is 10.2 Å². The van der Waals surface area contributed by atoms with Crippen LogP contribution in [0.3, 0.4) is 0 Å². The summed E-state index contributed by atoms with van der Waals surface area (Å²) < 4.78 is 10.7. The van der Waals surface area contributed by atoms with Crippen LogP contribution in [0.5, 0.6) is 11.5 Å². The van der Waals surface area contributed by atoms with Crippen molar-refractivity contribution in [1.29, 1.82) is 0 Å². The molecule has 214 valence electrons. The first-order valence-electron chi connectivity index (χ1n) is 14.6. The molecule has 4 heterocycles. The topological polar surface area (TPSA) is 83.1 Å². The molecule has 9 nitrogen and oxygen atoms in total. The molecule has 1 aliphatic carbocycles. The largest absolute Gasteiger partial charge is 0.497 e. The maximum absolute atomic E-state index is 13.2. The average Bonchev–Trinajstić information content (AvgIpc) is 3.38. The highest BCUT2D eigenvalue weighted by Crippen LogP contribution is 2.41. The number of benzene rings is 1. The first-order chi connectivity index (χ1) is 19.6. The van der Waals surface area contributed by atoms with E-state index in [1.54, 1.807) is 32.4 Å². The molecule has 40 heavy (non-hydrogen) atoms. The van der Waals surface area contributed by atoms with E-state index in [9.17, 15) is 4.79 Å². The molecule has 1 saturated carbocycles. The maximum atomic E-state index is 13.2. The van der Waals surface area contributed by atoms with E-state index in [0.29, 0.717) is 36.2 Å². The number of piperazine rings is 1. The number of nitrogens with one attached hydrogen (secondary N) is 1. The van der Waals surface area contributed by atoms with Crippen molar-refractivity contribution in [3.05, 3.63) is 34.5 Å². The van der Waals surface area contributed by atoms with Gasteiger partial charge in [-0.2, -0.15) is 0 Å². The molecular weight excluding hydrogens is 524 g/mol. The predicted molar refractivity (Wildman–Crippen MR) is 160 cm³/mol. The number of amides is 2. The Hall–Kier alpha value is -3.11. The Kier molecular flexibility index (Phi) is 7.98. The van der Waals surface area contributed by atoms with Crippen LogP contribution in [-0.4, -0.2) is 79.3 Å². The molecule has 2 amide bonds. The molecule has 1 aromatic carbocycles. The van der Waals surface area contributed by atoms with Gasteiger partial charge in [0.15, 0.2) is 0 Å². The SMILES string of the molecule is CCN1CCc2c(sc3nc(C4CCCCC4)nc(N4CCN(C(=O)Nc5cc(OC)cc(OC)c5)CC4)c23)C1. The Labute approximate surface area is 240 Å². The minimum absolute atomic E-state index is 0.113. The average molecular weight is 565 g/mol. The highest BCUT2D eigenvalue weighted by Gasteiger charge is 2.30. The lowest BCUT2D eigenvalue weighted by molar-refractivity contribution is 0.208. The fourth-order valence-corrected chi connectivity index (χ4v) is 7.55. The van der Waals surface area contributed by atoms with E-state index in [4.69, 9.17) is 19.4 Å². The van der Waals surface area contributed by atoms with Gasteiger partial charge >= 0.3 is 6.03 Å². The number of aromatic nitrogens is 2. The van der Waals surface area contributed by atoms with Gasteiger partial charge in [-0.3, -0.25) is 4.90 Å². The number of fused-ring (bicyclic) bond motifs is 3. The highest BCUT2D eigenvalue weighted by atomic mass is 32.1. The van der Waals surface area contributed by atoms with Crippen LogP contribution in [0, 0.1) is 0 Å². The van der Waals surface area contributed by atoms with Crippen molar-refractivity contribution in [2.45, 2.75) is 57.9 Å². The number of ether oxygens (including phenoxy) is 2. The molecule has 1 N–H and O–H groups in total. The van der Waals surface area contributed by atoms with Crippen molar-refractivity contribution >= 4 is 39.1 Å². The molecule has 1 saturated heterocycles. The first kappa shape index (κ1) is 27.1. The zero-order valence-electron chi connectivity index (χ0n) is 23.9. The number of urea groups is 1. The lowest BCUT2D eigenvalue weighted by Crippen LogP contribution is -2.50. The smallest absolute Gasteiger partial charge is 0.321 e. The quantitative estimate of drug-likeness (QED) is 0.424. The summed E-state index contributed by atoms with van der Waals surface area (Å²) in [5, 5.41) is 4.28. The second-order valence-corrected chi connectivity index (χ2v) is 12.1. The summed E-state index contributed by atoms with van der Waals surface area (Å²) in [6, 6.07) is 5.29. The van der Waals surface area contributed by atoms with Gasteiger partial charge in [0.2, 0.25) is 0 Å². The van der Waals surface area contributed by atoms with Crippen LogP contribution >= 0.6 is 11.3 Å². The van der Waals surface area contributed by atoms with Crippen LogP contribution in [0.15, 0.2) is 18.2 Å². The van der Waals surface area contributed by atoms with Crippen molar-refractivity contribution in [2.75, 3.05) is 63.7 Å². The van der Waals surface area contributed by atoms with E-state index in [0.717, 1.165) is 55.6 Å². The van der Waals surface area contributed by atoms with Gasteiger partial charge in [0.1, 0.15) is 28.0 Å². The lowest BCUT2D eigenvalue weighted by Gasteiger charge is -2.36. The van der Waals surface area contributed by atoms with Gasteiger partial charge in [-0.1, -0.05) is 26.2 Å². The lowest BCUT2D eigenvalue weighted by atomic mass is 9.88. The Morgan fingerprint density at radius 2 is 1.73 bits per heavy atom. The van der Waals surface area contributed by atoms with Crippen molar-refractivity contribution in [3.63, 3.8) is 0 Å². The minimum Gasteiger partial charge on any atom is -0.497 e. The van der Waals surface area contributed by atoms with Crippen LogP contribution in [0.1, 0.15) is 61.2 Å². The summed E-state index contributed by atoms with van der Waals surface area (Å²) in [6.45, 7) is 8.17. The molecule has 3 aromatic rings. The highest BCUT2D eigenvalue weighted by molar-refractivity contribution is 7.19. The van der Waals surface area contributed by atoms with Crippen molar-refractivity contribution in [2.24, 2.45) is 0 Å². The number of anilines is 2. The number of likely N-dealkylation sites (N-methyl/N-ethyl adjacent to an activating group) is 1. The number of carbonyl (C=O) groups is 1. The molecule has 0 spiro atoms. The maximum Gasteiger partial charge on any atom is 0.321 e. The van der Waals surface area contributed by atoms with Crippen LogP contribution in [-0.2, 0) is 13.0 Å². The monoisotopic (exact) mass is 564 g/mol. The normalized spacial score (nSPS) is 18.6. The fourth-order valence-electron chi connectivity index (χ4n) is 6.29. The third kappa shape index (κ3) is 5.43. The van der Waals surface area contributed by atoms with Gasteiger partial charge in [0.25, 0.3) is 0 Å². The second kappa shape index (κ2) is 11.8. The molecule has 6 rings (SSSR count). The summed E-state index contributed by atoms with van der Waals surface area (Å²) in [4.78, 5) is 33.1. The zero-order chi connectivity index (χ0) is 27.6. The fraction of sp³-hybridized carbons (Fsp3) is 0.567. The second-order valence-electron chi connectivity index (χ2n) is 11.0. The van der Waals surface area contributed by atoms with E-state index in [2.05, 4.69) is 22.0 Å². The molecule has 0 bridgehead atoms. The summed E-state index contributed by atoms with van der Waals surface area (Å²) in [6.07, 6.45) is 7.26. The molecule has 2 aromatic heterocycles. The molecule has 3 aliphatic rings. The van der Waals surface area contributed by atoms with Crippen LogP contribution in [0.4, 0.5) is 16.3 Å². The molecule has 0 atom stereocenters. The van der Waals surface area contributed by atoms with Gasteiger partial charge in [0, 0.05) is 74.0 Å². The Morgan fingerprint density at radius 3 is 2.40 bits per heavy atom. The molecule has 2 aliphatic heterocycles. The summed E-state index contributed by atoms with van der Waals surface area (Å²) >= 11 is 1.87. The number of methoxy groups -OCH3 is 2. The third-order valence-corrected chi connectivity index (χ3v) is 9.77. The van der Waals surface area contributed by atoms with Crippen LogP contribution in [0.2, 0.25) is 0 Å². The minimum atomic E-state index is -0.113. The zero-order valence-corrected chi connectivity index (χ0v) is 24.7. The molecule has 0 radical (unpaired) electrons. The van der Waals surface area contributed by atoms with Gasteiger partial charge in [-0.25, -0.2) is 14.8 Å². The van der Waals surface area contributed by atoms with Gasteiger partial charge in [-0.05, 0) is 31.4 Å². The summed E-state index contributed by atoms with van der Waals surface area (Å²) in [5.41, 5.74) is 2.10. The third-order valence-electron chi connectivity index (χ3n) is 8.66. The number of nitrogens with zero attached hydrogens (tertiary/aromatic N) is 5. The van der Waals surface area contributed by atoms with Crippen molar-refractivity contribution in [1.82, 2.24) is 19.8 Å². The Balaban J connectivity index is 1.23. The molecule has 10 heteroatoms. The molecule has 2 fully saturated rings. The summed E-state index contributed by atoms with van der Waals surface area (Å²) in [7, 11) is 3.21. The number of thiophene rings is 1. The number of hydrogen-bond acceptors (Lipinski definition) is 8. The molecule has 0 unspecified atom stereocenters. The van der Waals surface area contributed by atoms with Crippen molar-refractivity contribution < 1.29 is 14.3 Å². The van der Waals surface area contributed by atoms with Crippen molar-refractivity contribution in [3.8, 4) is 11.5 Å². The van der Waals surface area contributed by atoms with E-state index in [-0.39, 0.29) is 6.03 Å². The first-order valence-corrected chi connectivity index (χ1v) is 15.5.